The highest BCUT2D eigenvalue weighted by molar-refractivity contribution is 5.71. The van der Waals surface area contributed by atoms with Crippen molar-refractivity contribution in [3.63, 3.8) is 0 Å². The molecule has 20 heavy (non-hydrogen) atoms. The van der Waals surface area contributed by atoms with Crippen molar-refractivity contribution in [1.29, 1.82) is 0 Å². The summed E-state index contributed by atoms with van der Waals surface area (Å²) in [6.45, 7) is 0. The van der Waals surface area contributed by atoms with E-state index in [0.29, 0.717) is 0 Å². The van der Waals surface area contributed by atoms with E-state index in [2.05, 4.69) is 4.98 Å². The molecule has 0 atom stereocenters. The first-order valence-corrected chi connectivity index (χ1v) is 6.93. The van der Waals surface area contributed by atoms with Gasteiger partial charge >= 0.3 is 0 Å². The second-order valence-corrected chi connectivity index (χ2v) is 5.27. The molecule has 104 valence electrons. The summed E-state index contributed by atoms with van der Waals surface area (Å²) in [5.41, 5.74) is 4.96. The second kappa shape index (κ2) is 5.13. The SMILES string of the molecule is CN(O)c1cccc(-c2c[nH]c(=O)c3c2CCCC3)c1. The molecule has 0 bridgehead atoms. The normalized spacial score (nSPS) is 13.9. The summed E-state index contributed by atoms with van der Waals surface area (Å²) in [4.78, 5) is 14.8. The molecule has 0 saturated heterocycles. The van der Waals surface area contributed by atoms with E-state index in [1.54, 1.807) is 13.2 Å². The van der Waals surface area contributed by atoms with Gasteiger partial charge in [0.2, 0.25) is 0 Å². The molecule has 1 aliphatic rings. The Hall–Kier alpha value is -2.07. The molecular formula is C16H18N2O2. The molecule has 0 saturated carbocycles. The number of nitrogens with one attached hydrogen (secondary N) is 1. The first-order valence-electron chi connectivity index (χ1n) is 6.93. The number of nitrogens with zero attached hydrogens (tertiary/aromatic N) is 1. The fourth-order valence-corrected chi connectivity index (χ4v) is 2.90. The number of H-pyrrole nitrogens is 1. The average Bonchev–Trinajstić information content (AvgIpc) is 2.48. The topological polar surface area (TPSA) is 56.3 Å². The summed E-state index contributed by atoms with van der Waals surface area (Å²) in [5, 5.41) is 10.7. The van der Waals surface area contributed by atoms with Gasteiger partial charge in [-0.1, -0.05) is 12.1 Å². The Labute approximate surface area is 117 Å². The minimum atomic E-state index is 0.0406. The minimum Gasteiger partial charge on any atom is -0.328 e. The monoisotopic (exact) mass is 270 g/mol. The van der Waals surface area contributed by atoms with Crippen LogP contribution in [0, 0.1) is 0 Å². The number of aromatic amines is 1. The number of anilines is 1. The number of hydroxylamine groups is 1. The maximum atomic E-state index is 11.9. The highest BCUT2D eigenvalue weighted by Gasteiger charge is 2.17. The van der Waals surface area contributed by atoms with Crippen LogP contribution in [-0.4, -0.2) is 17.2 Å². The highest BCUT2D eigenvalue weighted by atomic mass is 16.5. The Balaban J connectivity index is 2.15. The lowest BCUT2D eigenvalue weighted by Crippen LogP contribution is -2.19. The van der Waals surface area contributed by atoms with Crippen LogP contribution in [0.4, 0.5) is 5.69 Å². The fraction of sp³-hybridized carbons (Fsp3) is 0.312. The minimum absolute atomic E-state index is 0.0406. The smallest absolute Gasteiger partial charge is 0.251 e. The summed E-state index contributed by atoms with van der Waals surface area (Å²) >= 11 is 0. The van der Waals surface area contributed by atoms with Crippen molar-refractivity contribution < 1.29 is 5.21 Å². The lowest BCUT2D eigenvalue weighted by molar-refractivity contribution is 0.279. The molecule has 0 unspecified atom stereocenters. The molecule has 4 nitrogen and oxygen atoms in total. The molecular weight excluding hydrogens is 252 g/mol. The average molecular weight is 270 g/mol. The number of benzene rings is 1. The zero-order valence-corrected chi connectivity index (χ0v) is 11.5. The predicted octanol–water partition coefficient (Wildman–Crippen LogP) is 2.75. The van der Waals surface area contributed by atoms with Crippen molar-refractivity contribution in [2.45, 2.75) is 25.7 Å². The van der Waals surface area contributed by atoms with Crippen molar-refractivity contribution in [1.82, 2.24) is 4.98 Å². The third-order valence-electron chi connectivity index (χ3n) is 3.95. The molecule has 1 heterocycles. The quantitative estimate of drug-likeness (QED) is 0.825. The van der Waals surface area contributed by atoms with Gasteiger partial charge in [-0.05, 0) is 48.9 Å². The standard InChI is InChI=1S/C16H18N2O2/c1-18(20)12-6-4-5-11(9-12)15-10-17-16(19)14-8-3-2-7-13(14)15/h4-6,9-10,20H,2-3,7-8H2,1H3,(H,17,19). The number of rotatable bonds is 2. The van der Waals surface area contributed by atoms with Crippen molar-refractivity contribution in [2.75, 3.05) is 12.1 Å². The lowest BCUT2D eigenvalue weighted by Gasteiger charge is -2.19. The fourth-order valence-electron chi connectivity index (χ4n) is 2.90. The molecule has 1 aromatic heterocycles. The van der Waals surface area contributed by atoms with E-state index in [-0.39, 0.29) is 5.56 Å². The number of hydrogen-bond acceptors (Lipinski definition) is 3. The largest absolute Gasteiger partial charge is 0.328 e. The summed E-state index contributed by atoms with van der Waals surface area (Å²) in [7, 11) is 1.60. The van der Waals surface area contributed by atoms with Gasteiger partial charge in [0, 0.05) is 24.4 Å². The molecule has 2 aromatic rings. The Morgan fingerprint density at radius 1 is 1.20 bits per heavy atom. The predicted molar refractivity (Wildman–Crippen MR) is 79.3 cm³/mol. The van der Waals surface area contributed by atoms with Crippen LogP contribution in [0.1, 0.15) is 24.0 Å². The zero-order valence-electron chi connectivity index (χ0n) is 11.5. The summed E-state index contributed by atoms with van der Waals surface area (Å²) in [6, 6.07) is 7.71. The van der Waals surface area contributed by atoms with Crippen molar-refractivity contribution in [3.8, 4) is 11.1 Å². The van der Waals surface area contributed by atoms with E-state index < -0.39 is 0 Å². The molecule has 0 aliphatic heterocycles. The van der Waals surface area contributed by atoms with Gasteiger partial charge in [0.05, 0.1) is 5.69 Å². The third-order valence-corrected chi connectivity index (χ3v) is 3.95. The van der Waals surface area contributed by atoms with Crippen LogP contribution in [0.25, 0.3) is 11.1 Å². The number of fused-ring (bicyclic) bond motifs is 1. The molecule has 0 radical (unpaired) electrons. The summed E-state index contributed by atoms with van der Waals surface area (Å²) in [5.74, 6) is 0. The van der Waals surface area contributed by atoms with E-state index in [1.807, 2.05) is 24.3 Å². The van der Waals surface area contributed by atoms with Crippen LogP contribution in [-0.2, 0) is 12.8 Å². The number of pyridine rings is 1. The van der Waals surface area contributed by atoms with Gasteiger partial charge in [0.1, 0.15) is 0 Å². The number of aromatic nitrogens is 1. The first-order chi connectivity index (χ1) is 9.66. The van der Waals surface area contributed by atoms with E-state index in [4.69, 9.17) is 0 Å². The van der Waals surface area contributed by atoms with E-state index in [1.165, 1.54) is 0 Å². The van der Waals surface area contributed by atoms with Gasteiger partial charge in [-0.15, -0.1) is 0 Å². The highest BCUT2D eigenvalue weighted by Crippen LogP contribution is 2.30. The molecule has 1 aliphatic carbocycles. The van der Waals surface area contributed by atoms with Gasteiger partial charge in [-0.3, -0.25) is 15.1 Å². The first kappa shape index (κ1) is 12.9. The second-order valence-electron chi connectivity index (χ2n) is 5.27. The van der Waals surface area contributed by atoms with Crippen LogP contribution in [0.3, 0.4) is 0 Å². The van der Waals surface area contributed by atoms with E-state index in [0.717, 1.165) is 58.7 Å². The van der Waals surface area contributed by atoms with Crippen molar-refractivity contribution in [3.05, 3.63) is 51.9 Å². The van der Waals surface area contributed by atoms with Crippen LogP contribution < -0.4 is 10.6 Å². The van der Waals surface area contributed by atoms with Gasteiger partial charge in [-0.25, -0.2) is 0 Å². The summed E-state index contributed by atoms with van der Waals surface area (Å²) in [6.07, 6.45) is 5.82. The van der Waals surface area contributed by atoms with Gasteiger partial charge in [-0.2, -0.15) is 0 Å². The Morgan fingerprint density at radius 2 is 1.95 bits per heavy atom. The van der Waals surface area contributed by atoms with E-state index in [9.17, 15) is 10.0 Å². The Kier molecular flexibility index (Phi) is 3.32. The maximum absolute atomic E-state index is 11.9. The van der Waals surface area contributed by atoms with Crippen molar-refractivity contribution in [2.24, 2.45) is 0 Å². The van der Waals surface area contributed by atoms with E-state index >= 15 is 0 Å². The molecule has 0 amide bonds. The molecule has 0 fully saturated rings. The summed E-state index contributed by atoms with van der Waals surface area (Å²) < 4.78 is 0. The maximum Gasteiger partial charge on any atom is 0.251 e. The molecule has 2 N–H and O–H groups in total. The van der Waals surface area contributed by atoms with Crippen LogP contribution in [0.5, 0.6) is 0 Å². The van der Waals surface area contributed by atoms with Crippen LogP contribution in [0.15, 0.2) is 35.3 Å². The van der Waals surface area contributed by atoms with Crippen LogP contribution in [0.2, 0.25) is 0 Å². The lowest BCUT2D eigenvalue weighted by atomic mass is 9.87. The number of hydrogen-bond donors (Lipinski definition) is 2. The van der Waals surface area contributed by atoms with Gasteiger partial charge in [0.15, 0.2) is 0 Å². The Bertz CT molecular complexity index is 689. The van der Waals surface area contributed by atoms with Gasteiger partial charge in [0.25, 0.3) is 5.56 Å². The Morgan fingerprint density at radius 3 is 2.70 bits per heavy atom. The van der Waals surface area contributed by atoms with Gasteiger partial charge < -0.3 is 4.98 Å². The van der Waals surface area contributed by atoms with Crippen molar-refractivity contribution >= 4 is 5.69 Å². The third kappa shape index (κ3) is 2.23. The molecule has 1 aromatic carbocycles. The van der Waals surface area contributed by atoms with Crippen LogP contribution >= 0.6 is 0 Å². The zero-order chi connectivity index (χ0) is 14.1. The molecule has 0 spiro atoms. The molecule has 3 rings (SSSR count). The molecule has 4 heteroatoms.